The minimum absolute atomic E-state index is 0.0482. The molecule has 0 aromatic rings. The molecule has 7 heteroatoms. The van der Waals surface area contributed by atoms with Gasteiger partial charge in [-0.15, -0.1) is 0 Å². The fraction of sp³-hybridized carbons (Fsp3) is 0.889. The maximum atomic E-state index is 11.7. The van der Waals surface area contributed by atoms with Crippen molar-refractivity contribution in [2.24, 2.45) is 0 Å². The molecule has 0 unspecified atom stereocenters. The molecule has 1 aliphatic rings. The van der Waals surface area contributed by atoms with Crippen molar-refractivity contribution in [1.29, 1.82) is 0 Å². The summed E-state index contributed by atoms with van der Waals surface area (Å²) in [6, 6.07) is 0. The SMILES string of the molecule is CCO[Si](OCC)(OCC)N1SCCC1=O. The highest BCUT2D eigenvalue weighted by Gasteiger charge is 2.54. The highest BCUT2D eigenvalue weighted by molar-refractivity contribution is 7.99. The van der Waals surface area contributed by atoms with Crippen LogP contribution in [0.1, 0.15) is 27.2 Å². The predicted octanol–water partition coefficient (Wildman–Crippen LogP) is 1.41. The molecule has 1 rings (SSSR count). The van der Waals surface area contributed by atoms with Crippen molar-refractivity contribution in [3.05, 3.63) is 0 Å². The largest absolute Gasteiger partial charge is 0.646 e. The molecule has 0 aromatic heterocycles. The zero-order chi connectivity index (χ0) is 12.0. The Balaban J connectivity index is 2.84. The van der Waals surface area contributed by atoms with Crippen LogP contribution < -0.4 is 0 Å². The van der Waals surface area contributed by atoms with E-state index in [1.54, 1.807) is 3.97 Å². The molecule has 5 nitrogen and oxygen atoms in total. The van der Waals surface area contributed by atoms with E-state index in [0.717, 1.165) is 5.75 Å². The van der Waals surface area contributed by atoms with Gasteiger partial charge >= 0.3 is 8.97 Å². The second-order valence-electron chi connectivity index (χ2n) is 3.09. The highest BCUT2D eigenvalue weighted by Crippen LogP contribution is 2.30. The van der Waals surface area contributed by atoms with E-state index in [1.807, 2.05) is 20.8 Å². The van der Waals surface area contributed by atoms with Crippen molar-refractivity contribution >= 4 is 26.8 Å². The van der Waals surface area contributed by atoms with Crippen molar-refractivity contribution in [2.45, 2.75) is 27.2 Å². The first-order chi connectivity index (χ1) is 7.70. The Kier molecular flexibility index (Phi) is 5.77. The molecule has 1 heterocycles. The summed E-state index contributed by atoms with van der Waals surface area (Å²) >= 11 is 1.45. The van der Waals surface area contributed by atoms with Gasteiger partial charge in [-0.3, -0.25) is 4.79 Å². The van der Waals surface area contributed by atoms with Gasteiger partial charge in [-0.25, -0.2) is 3.97 Å². The van der Waals surface area contributed by atoms with Crippen LogP contribution in [-0.4, -0.2) is 44.4 Å². The van der Waals surface area contributed by atoms with Crippen LogP contribution in [0.4, 0.5) is 0 Å². The highest BCUT2D eigenvalue weighted by atomic mass is 32.2. The molecule has 94 valence electrons. The normalized spacial score (nSPS) is 17.2. The Morgan fingerprint density at radius 3 is 2.00 bits per heavy atom. The first-order valence-corrected chi connectivity index (χ1v) is 8.19. The number of nitrogens with zero attached hydrogens (tertiary/aromatic N) is 1. The van der Waals surface area contributed by atoms with Gasteiger partial charge in [-0.2, -0.15) is 0 Å². The lowest BCUT2D eigenvalue weighted by Crippen LogP contribution is -2.59. The summed E-state index contributed by atoms with van der Waals surface area (Å²) in [7, 11) is -2.98. The van der Waals surface area contributed by atoms with Crippen molar-refractivity contribution < 1.29 is 18.1 Å². The maximum absolute atomic E-state index is 11.7. The van der Waals surface area contributed by atoms with E-state index < -0.39 is 8.97 Å². The van der Waals surface area contributed by atoms with Crippen molar-refractivity contribution in [3.63, 3.8) is 0 Å². The Hall–Kier alpha value is -0.0831. The van der Waals surface area contributed by atoms with Crippen LogP contribution in [0.25, 0.3) is 0 Å². The fourth-order valence-corrected chi connectivity index (χ4v) is 5.66. The summed E-state index contributed by atoms with van der Waals surface area (Å²) in [5.74, 6) is 0.827. The molecule has 0 N–H and O–H groups in total. The van der Waals surface area contributed by atoms with Crippen molar-refractivity contribution in [3.8, 4) is 0 Å². The first kappa shape index (κ1) is 14.0. The molecule has 16 heavy (non-hydrogen) atoms. The minimum Gasteiger partial charge on any atom is -0.356 e. The summed E-state index contributed by atoms with van der Waals surface area (Å²) in [6.07, 6.45) is 0.534. The number of carbonyl (C=O) groups is 1. The van der Waals surface area contributed by atoms with Crippen LogP contribution in [-0.2, 0) is 18.1 Å². The van der Waals surface area contributed by atoms with Gasteiger partial charge in [0.1, 0.15) is 0 Å². The molecular formula is C9H19NO4SSi. The van der Waals surface area contributed by atoms with Crippen LogP contribution in [0.3, 0.4) is 0 Å². The molecule has 0 aromatic carbocycles. The number of rotatable bonds is 7. The van der Waals surface area contributed by atoms with E-state index >= 15 is 0 Å². The first-order valence-electron chi connectivity index (χ1n) is 5.58. The molecule has 1 fully saturated rings. The van der Waals surface area contributed by atoms with E-state index in [9.17, 15) is 4.79 Å². The Morgan fingerprint density at radius 2 is 1.69 bits per heavy atom. The van der Waals surface area contributed by atoms with E-state index in [1.165, 1.54) is 11.9 Å². The average Bonchev–Trinajstić information content (AvgIpc) is 2.66. The number of carbonyl (C=O) groups excluding carboxylic acids is 1. The van der Waals surface area contributed by atoms with E-state index in [2.05, 4.69) is 0 Å². The lowest BCUT2D eigenvalue weighted by Gasteiger charge is -2.33. The Labute approximate surface area is 102 Å². The van der Waals surface area contributed by atoms with Gasteiger partial charge in [0.2, 0.25) is 5.91 Å². The third kappa shape index (κ3) is 2.98. The van der Waals surface area contributed by atoms with Gasteiger partial charge in [0.25, 0.3) is 0 Å². The lowest BCUT2D eigenvalue weighted by atomic mass is 10.5. The fourth-order valence-electron chi connectivity index (χ4n) is 1.48. The van der Waals surface area contributed by atoms with Crippen LogP contribution in [0.5, 0.6) is 0 Å². The molecular weight excluding hydrogens is 246 g/mol. The van der Waals surface area contributed by atoms with E-state index in [0.29, 0.717) is 26.2 Å². The molecule has 1 amide bonds. The summed E-state index contributed by atoms with van der Waals surface area (Å²) in [6.45, 7) is 7.09. The topological polar surface area (TPSA) is 48.0 Å². The van der Waals surface area contributed by atoms with E-state index in [4.69, 9.17) is 13.3 Å². The van der Waals surface area contributed by atoms with Crippen molar-refractivity contribution in [2.75, 3.05) is 25.6 Å². The van der Waals surface area contributed by atoms with Gasteiger partial charge in [-0.1, -0.05) is 0 Å². The molecule has 0 aliphatic carbocycles. The summed E-state index contributed by atoms with van der Waals surface area (Å²) in [5.41, 5.74) is 0. The molecule has 0 saturated carbocycles. The minimum atomic E-state index is -2.98. The average molecular weight is 265 g/mol. The Morgan fingerprint density at radius 1 is 1.19 bits per heavy atom. The zero-order valence-electron chi connectivity index (χ0n) is 10.0. The maximum Gasteiger partial charge on any atom is 0.646 e. The number of hydrogen-bond donors (Lipinski definition) is 0. The van der Waals surface area contributed by atoms with Gasteiger partial charge in [0, 0.05) is 32.0 Å². The monoisotopic (exact) mass is 265 g/mol. The Bertz CT molecular complexity index is 225. The number of amides is 1. The quantitative estimate of drug-likeness (QED) is 0.514. The third-order valence-corrected chi connectivity index (χ3v) is 6.61. The van der Waals surface area contributed by atoms with Gasteiger partial charge in [0.05, 0.1) is 0 Å². The molecule has 0 radical (unpaired) electrons. The second-order valence-corrected chi connectivity index (χ2v) is 6.81. The molecule has 1 saturated heterocycles. The standard InChI is InChI=1S/C9H19NO4SSi/c1-4-12-16(13-5-2,14-6-3)10-9(11)7-8-15-10/h4-8H2,1-3H3. The summed E-state index contributed by atoms with van der Waals surface area (Å²) < 4.78 is 18.5. The molecule has 0 bridgehead atoms. The van der Waals surface area contributed by atoms with Crippen LogP contribution in [0.15, 0.2) is 0 Å². The predicted molar refractivity (Wildman–Crippen MR) is 64.6 cm³/mol. The molecule has 1 aliphatic heterocycles. The van der Waals surface area contributed by atoms with Gasteiger partial charge in [0.15, 0.2) is 0 Å². The summed E-state index contributed by atoms with van der Waals surface area (Å²) in [4.78, 5) is 11.7. The lowest BCUT2D eigenvalue weighted by molar-refractivity contribution is -0.125. The second kappa shape index (κ2) is 6.60. The third-order valence-electron chi connectivity index (χ3n) is 1.99. The summed E-state index contributed by atoms with van der Waals surface area (Å²) in [5, 5.41) is 0. The van der Waals surface area contributed by atoms with Gasteiger partial charge in [-0.05, 0) is 32.7 Å². The smallest absolute Gasteiger partial charge is 0.356 e. The van der Waals surface area contributed by atoms with Gasteiger partial charge < -0.3 is 13.3 Å². The van der Waals surface area contributed by atoms with Crippen LogP contribution >= 0.6 is 11.9 Å². The van der Waals surface area contributed by atoms with Crippen LogP contribution in [0.2, 0.25) is 0 Å². The van der Waals surface area contributed by atoms with E-state index in [-0.39, 0.29) is 5.91 Å². The molecule has 0 atom stereocenters. The zero-order valence-corrected chi connectivity index (χ0v) is 11.8. The molecule has 0 spiro atoms. The van der Waals surface area contributed by atoms with Crippen LogP contribution in [0, 0.1) is 0 Å². The number of hydrogen-bond acceptors (Lipinski definition) is 5. The van der Waals surface area contributed by atoms with Crippen molar-refractivity contribution in [1.82, 2.24) is 3.97 Å².